The standard InChI is InChI=1S/C21H24BrN3O3/c1-14(15-7-3-2-4-8-15)24-19(26)11-12-20(27)25-18(21(23)28)13-16-9-5-6-10-17(16)22/h2-10,14,18H,11-13H2,1H3,(H2,23,28)(H,24,26)(H,25,27)/t14-,18-/m1/s1. The fourth-order valence-corrected chi connectivity index (χ4v) is 3.19. The van der Waals surface area contributed by atoms with Crippen LogP contribution in [-0.2, 0) is 20.8 Å². The Morgan fingerprint density at radius 1 is 0.929 bits per heavy atom. The van der Waals surface area contributed by atoms with Crippen LogP contribution in [0.4, 0.5) is 0 Å². The summed E-state index contributed by atoms with van der Waals surface area (Å²) in [6, 6.07) is 16.0. The second-order valence-electron chi connectivity index (χ2n) is 6.52. The highest BCUT2D eigenvalue weighted by atomic mass is 79.9. The number of amides is 3. The van der Waals surface area contributed by atoms with Gasteiger partial charge in [-0.15, -0.1) is 0 Å². The van der Waals surface area contributed by atoms with Gasteiger partial charge < -0.3 is 16.4 Å². The zero-order valence-corrected chi connectivity index (χ0v) is 17.2. The molecule has 2 aromatic carbocycles. The Hall–Kier alpha value is -2.67. The quantitative estimate of drug-likeness (QED) is 0.552. The molecule has 0 aromatic heterocycles. The molecule has 0 aliphatic rings. The fraction of sp³-hybridized carbons (Fsp3) is 0.286. The Labute approximate surface area is 173 Å². The van der Waals surface area contributed by atoms with E-state index in [1.165, 1.54) is 0 Å². The number of primary amides is 1. The molecule has 2 aromatic rings. The number of hydrogen-bond acceptors (Lipinski definition) is 3. The predicted molar refractivity (Wildman–Crippen MR) is 111 cm³/mol. The number of carbonyl (C=O) groups is 3. The van der Waals surface area contributed by atoms with E-state index in [4.69, 9.17) is 5.73 Å². The van der Waals surface area contributed by atoms with Crippen LogP contribution in [0.15, 0.2) is 59.1 Å². The van der Waals surface area contributed by atoms with Gasteiger partial charge in [-0.3, -0.25) is 14.4 Å². The third-order valence-electron chi connectivity index (χ3n) is 4.32. The van der Waals surface area contributed by atoms with Crippen molar-refractivity contribution in [1.82, 2.24) is 10.6 Å². The summed E-state index contributed by atoms with van der Waals surface area (Å²) in [4.78, 5) is 36.0. The Kier molecular flexibility index (Phi) is 8.19. The van der Waals surface area contributed by atoms with Gasteiger partial charge >= 0.3 is 0 Å². The van der Waals surface area contributed by atoms with Gasteiger partial charge in [0.2, 0.25) is 17.7 Å². The van der Waals surface area contributed by atoms with E-state index in [2.05, 4.69) is 26.6 Å². The normalized spacial score (nSPS) is 12.6. The van der Waals surface area contributed by atoms with Crippen molar-refractivity contribution in [3.63, 3.8) is 0 Å². The molecule has 0 spiro atoms. The summed E-state index contributed by atoms with van der Waals surface area (Å²) < 4.78 is 0.838. The number of hydrogen-bond donors (Lipinski definition) is 3. The van der Waals surface area contributed by atoms with Crippen molar-refractivity contribution in [2.45, 2.75) is 38.3 Å². The van der Waals surface area contributed by atoms with Crippen LogP contribution >= 0.6 is 15.9 Å². The van der Waals surface area contributed by atoms with Gasteiger partial charge in [-0.2, -0.15) is 0 Å². The molecule has 28 heavy (non-hydrogen) atoms. The molecule has 3 amide bonds. The fourth-order valence-electron chi connectivity index (χ4n) is 2.74. The number of nitrogens with two attached hydrogens (primary N) is 1. The molecular formula is C21H24BrN3O3. The van der Waals surface area contributed by atoms with Crippen LogP contribution in [-0.4, -0.2) is 23.8 Å². The van der Waals surface area contributed by atoms with Gasteiger partial charge in [-0.1, -0.05) is 64.5 Å². The number of benzene rings is 2. The van der Waals surface area contributed by atoms with Crippen LogP contribution in [0, 0.1) is 0 Å². The molecule has 0 heterocycles. The van der Waals surface area contributed by atoms with Crippen molar-refractivity contribution in [2.75, 3.05) is 0 Å². The van der Waals surface area contributed by atoms with Crippen LogP contribution in [0.5, 0.6) is 0 Å². The van der Waals surface area contributed by atoms with Crippen LogP contribution in [0.2, 0.25) is 0 Å². The molecular weight excluding hydrogens is 422 g/mol. The summed E-state index contributed by atoms with van der Waals surface area (Å²) in [5.41, 5.74) is 7.27. The summed E-state index contributed by atoms with van der Waals surface area (Å²) in [5.74, 6) is -1.24. The van der Waals surface area contributed by atoms with Gasteiger partial charge in [0.15, 0.2) is 0 Å². The molecule has 0 saturated heterocycles. The maximum Gasteiger partial charge on any atom is 0.240 e. The largest absolute Gasteiger partial charge is 0.368 e. The van der Waals surface area contributed by atoms with E-state index < -0.39 is 17.9 Å². The third-order valence-corrected chi connectivity index (χ3v) is 5.09. The molecule has 4 N–H and O–H groups in total. The third kappa shape index (κ3) is 6.81. The van der Waals surface area contributed by atoms with E-state index in [9.17, 15) is 14.4 Å². The molecule has 6 nitrogen and oxygen atoms in total. The summed E-state index contributed by atoms with van der Waals surface area (Å²) in [6.07, 6.45) is 0.288. The number of carbonyl (C=O) groups excluding carboxylic acids is 3. The Balaban J connectivity index is 1.83. The first-order valence-electron chi connectivity index (χ1n) is 9.03. The lowest BCUT2D eigenvalue weighted by Crippen LogP contribution is -2.46. The maximum absolute atomic E-state index is 12.2. The monoisotopic (exact) mass is 445 g/mol. The van der Waals surface area contributed by atoms with Crippen LogP contribution in [0.1, 0.15) is 36.9 Å². The minimum absolute atomic E-state index is 0.0208. The first-order chi connectivity index (χ1) is 13.4. The van der Waals surface area contributed by atoms with E-state index in [0.717, 1.165) is 15.6 Å². The summed E-state index contributed by atoms with van der Waals surface area (Å²) in [6.45, 7) is 1.88. The number of rotatable bonds is 9. The molecule has 0 aliphatic carbocycles. The van der Waals surface area contributed by atoms with Crippen molar-refractivity contribution in [3.8, 4) is 0 Å². The molecule has 0 aliphatic heterocycles. The maximum atomic E-state index is 12.2. The van der Waals surface area contributed by atoms with Crippen molar-refractivity contribution >= 4 is 33.7 Å². The van der Waals surface area contributed by atoms with E-state index in [0.29, 0.717) is 0 Å². The SMILES string of the molecule is C[C@@H](NC(=O)CCC(=O)N[C@H](Cc1ccccc1Br)C(N)=O)c1ccccc1. The molecule has 7 heteroatoms. The van der Waals surface area contributed by atoms with E-state index in [-0.39, 0.29) is 31.2 Å². The smallest absolute Gasteiger partial charge is 0.240 e. The lowest BCUT2D eigenvalue weighted by Gasteiger charge is -2.17. The van der Waals surface area contributed by atoms with Crippen molar-refractivity contribution < 1.29 is 14.4 Å². The van der Waals surface area contributed by atoms with Gasteiger partial charge in [0.05, 0.1) is 6.04 Å². The van der Waals surface area contributed by atoms with E-state index in [1.54, 1.807) is 0 Å². The van der Waals surface area contributed by atoms with Crippen LogP contribution in [0.25, 0.3) is 0 Å². The second kappa shape index (κ2) is 10.6. The molecule has 2 atom stereocenters. The predicted octanol–water partition coefficient (Wildman–Crippen LogP) is 2.62. The first-order valence-corrected chi connectivity index (χ1v) is 9.82. The van der Waals surface area contributed by atoms with Crippen molar-refractivity contribution in [2.24, 2.45) is 5.73 Å². The number of nitrogens with one attached hydrogen (secondary N) is 2. The zero-order chi connectivity index (χ0) is 20.5. The topological polar surface area (TPSA) is 101 Å². The van der Waals surface area contributed by atoms with Crippen LogP contribution in [0.3, 0.4) is 0 Å². The Bertz CT molecular complexity index is 827. The van der Waals surface area contributed by atoms with Gasteiger partial charge in [-0.05, 0) is 24.1 Å². The second-order valence-corrected chi connectivity index (χ2v) is 7.37. The zero-order valence-electron chi connectivity index (χ0n) is 15.7. The van der Waals surface area contributed by atoms with Gasteiger partial charge in [0.1, 0.15) is 6.04 Å². The van der Waals surface area contributed by atoms with Crippen molar-refractivity contribution in [3.05, 3.63) is 70.2 Å². The lowest BCUT2D eigenvalue weighted by atomic mass is 10.1. The average Bonchev–Trinajstić information content (AvgIpc) is 2.68. The Morgan fingerprint density at radius 3 is 2.11 bits per heavy atom. The molecule has 0 fully saturated rings. The minimum atomic E-state index is -0.836. The Morgan fingerprint density at radius 2 is 1.50 bits per heavy atom. The molecule has 148 valence electrons. The molecule has 0 saturated carbocycles. The van der Waals surface area contributed by atoms with Crippen LogP contribution < -0.4 is 16.4 Å². The van der Waals surface area contributed by atoms with E-state index >= 15 is 0 Å². The minimum Gasteiger partial charge on any atom is -0.368 e. The lowest BCUT2D eigenvalue weighted by molar-refractivity contribution is -0.129. The first kappa shape index (κ1) is 21.6. The van der Waals surface area contributed by atoms with Gasteiger partial charge in [-0.25, -0.2) is 0 Å². The molecule has 0 bridgehead atoms. The molecule has 0 unspecified atom stereocenters. The van der Waals surface area contributed by atoms with Crippen molar-refractivity contribution in [1.29, 1.82) is 0 Å². The highest BCUT2D eigenvalue weighted by molar-refractivity contribution is 9.10. The summed E-state index contributed by atoms with van der Waals surface area (Å²) in [7, 11) is 0. The van der Waals surface area contributed by atoms with E-state index in [1.807, 2.05) is 61.5 Å². The number of halogens is 1. The summed E-state index contributed by atoms with van der Waals surface area (Å²) in [5, 5.41) is 5.48. The average molecular weight is 446 g/mol. The van der Waals surface area contributed by atoms with Gasteiger partial charge in [0, 0.05) is 23.7 Å². The molecule has 2 rings (SSSR count). The summed E-state index contributed by atoms with van der Waals surface area (Å²) >= 11 is 3.41. The highest BCUT2D eigenvalue weighted by Gasteiger charge is 2.20. The van der Waals surface area contributed by atoms with Gasteiger partial charge in [0.25, 0.3) is 0 Å². The highest BCUT2D eigenvalue weighted by Crippen LogP contribution is 2.17. The molecule has 0 radical (unpaired) electrons.